The van der Waals surface area contributed by atoms with Crippen molar-refractivity contribution < 1.29 is 4.39 Å². The van der Waals surface area contributed by atoms with E-state index in [9.17, 15) is 4.39 Å². The zero-order chi connectivity index (χ0) is 13.2. The smallest absolute Gasteiger partial charge is 0.161 e. The molecule has 0 aliphatic heterocycles. The van der Waals surface area contributed by atoms with Gasteiger partial charge in [-0.3, -0.25) is 0 Å². The third-order valence-corrected chi connectivity index (χ3v) is 3.70. The van der Waals surface area contributed by atoms with Crippen molar-refractivity contribution >= 4 is 38.8 Å². The van der Waals surface area contributed by atoms with Crippen LogP contribution >= 0.6 is 28.1 Å². The van der Waals surface area contributed by atoms with Crippen LogP contribution < -0.4 is 11.1 Å². The summed E-state index contributed by atoms with van der Waals surface area (Å²) < 4.78 is 14.4. The number of halogens is 2. The Bertz CT molecular complexity index is 446. The lowest BCUT2D eigenvalue weighted by Gasteiger charge is -2.26. The van der Waals surface area contributed by atoms with E-state index < -0.39 is 0 Å². The van der Waals surface area contributed by atoms with Crippen LogP contribution in [-0.4, -0.2) is 10.5 Å². The van der Waals surface area contributed by atoms with Crippen LogP contribution in [0.2, 0.25) is 0 Å². The summed E-state index contributed by atoms with van der Waals surface area (Å²) in [6.45, 7) is 6.08. The summed E-state index contributed by atoms with van der Waals surface area (Å²) in [7, 11) is 0. The van der Waals surface area contributed by atoms with Gasteiger partial charge in [0.15, 0.2) is 5.82 Å². The first-order valence-electron chi connectivity index (χ1n) is 5.34. The standard InChI is InChI=1S/C12H16BrFN2S/c1-4-12(2,3)16-8-6-5-7(11(15)17)9(13)10(8)14/h5-6,16H,4H2,1-3H3,(H2,15,17). The minimum absolute atomic E-state index is 0.162. The highest BCUT2D eigenvalue weighted by molar-refractivity contribution is 9.10. The molecule has 0 radical (unpaired) electrons. The summed E-state index contributed by atoms with van der Waals surface area (Å²) in [6, 6.07) is 3.37. The molecule has 0 bridgehead atoms. The maximum absolute atomic E-state index is 14.1. The zero-order valence-corrected chi connectivity index (χ0v) is 12.5. The van der Waals surface area contributed by atoms with E-state index in [0.717, 1.165) is 6.42 Å². The molecule has 0 aliphatic rings. The van der Waals surface area contributed by atoms with Gasteiger partial charge in [0.25, 0.3) is 0 Å². The number of anilines is 1. The normalized spacial score (nSPS) is 11.4. The maximum atomic E-state index is 14.1. The molecule has 1 aromatic carbocycles. The number of rotatable bonds is 4. The SMILES string of the molecule is CCC(C)(C)Nc1ccc(C(N)=S)c(Br)c1F. The van der Waals surface area contributed by atoms with Gasteiger partial charge in [-0.1, -0.05) is 19.1 Å². The molecule has 5 heteroatoms. The number of nitrogens with one attached hydrogen (secondary N) is 1. The van der Waals surface area contributed by atoms with Gasteiger partial charge in [0.1, 0.15) is 4.99 Å². The van der Waals surface area contributed by atoms with E-state index in [1.807, 2.05) is 20.8 Å². The van der Waals surface area contributed by atoms with E-state index in [2.05, 4.69) is 21.2 Å². The summed E-state index contributed by atoms with van der Waals surface area (Å²) in [5, 5.41) is 3.15. The van der Waals surface area contributed by atoms with Crippen LogP contribution in [0.5, 0.6) is 0 Å². The van der Waals surface area contributed by atoms with Crippen LogP contribution in [0.25, 0.3) is 0 Å². The van der Waals surface area contributed by atoms with Crippen LogP contribution in [0.3, 0.4) is 0 Å². The first kappa shape index (κ1) is 14.4. The van der Waals surface area contributed by atoms with Gasteiger partial charge in [0.05, 0.1) is 10.2 Å². The van der Waals surface area contributed by atoms with Gasteiger partial charge in [0.2, 0.25) is 0 Å². The Hall–Kier alpha value is -0.680. The molecule has 0 aliphatic carbocycles. The lowest BCUT2D eigenvalue weighted by atomic mass is 10.0. The molecule has 0 saturated heterocycles. The molecule has 0 aromatic heterocycles. The van der Waals surface area contributed by atoms with E-state index in [1.165, 1.54) is 0 Å². The highest BCUT2D eigenvalue weighted by Crippen LogP contribution is 2.29. The second-order valence-electron chi connectivity index (χ2n) is 4.52. The van der Waals surface area contributed by atoms with Gasteiger partial charge in [-0.25, -0.2) is 4.39 Å². The molecule has 2 nitrogen and oxygen atoms in total. The predicted octanol–water partition coefficient (Wildman–Crippen LogP) is 3.82. The molecule has 0 unspecified atom stereocenters. The van der Waals surface area contributed by atoms with Crippen molar-refractivity contribution in [1.82, 2.24) is 0 Å². The molecule has 0 amide bonds. The Kier molecular flexibility index (Phi) is 4.49. The molecule has 94 valence electrons. The topological polar surface area (TPSA) is 38.0 Å². The number of nitrogens with two attached hydrogens (primary N) is 1. The van der Waals surface area contributed by atoms with Crippen molar-refractivity contribution in [3.8, 4) is 0 Å². The molecular weight excluding hydrogens is 303 g/mol. The van der Waals surface area contributed by atoms with Crippen molar-refractivity contribution in [2.24, 2.45) is 5.73 Å². The van der Waals surface area contributed by atoms with Crippen LogP contribution in [-0.2, 0) is 0 Å². The minimum atomic E-state index is -0.364. The quantitative estimate of drug-likeness (QED) is 0.829. The van der Waals surface area contributed by atoms with Crippen molar-refractivity contribution in [2.45, 2.75) is 32.7 Å². The minimum Gasteiger partial charge on any atom is -0.389 e. The number of hydrogen-bond acceptors (Lipinski definition) is 2. The first-order valence-corrected chi connectivity index (χ1v) is 6.54. The molecule has 17 heavy (non-hydrogen) atoms. The highest BCUT2D eigenvalue weighted by Gasteiger charge is 2.19. The molecule has 0 saturated carbocycles. The van der Waals surface area contributed by atoms with Crippen molar-refractivity contribution in [2.75, 3.05) is 5.32 Å². The second kappa shape index (κ2) is 5.31. The molecule has 1 rings (SSSR count). The van der Waals surface area contributed by atoms with E-state index >= 15 is 0 Å². The Morgan fingerprint density at radius 3 is 2.59 bits per heavy atom. The molecule has 1 aromatic rings. The van der Waals surface area contributed by atoms with Gasteiger partial charge in [0, 0.05) is 11.1 Å². The van der Waals surface area contributed by atoms with E-state index in [4.69, 9.17) is 18.0 Å². The maximum Gasteiger partial charge on any atom is 0.161 e. The van der Waals surface area contributed by atoms with Gasteiger partial charge in [-0.05, 0) is 48.3 Å². The molecule has 3 N–H and O–H groups in total. The fraction of sp³-hybridized carbons (Fsp3) is 0.417. The van der Waals surface area contributed by atoms with Crippen molar-refractivity contribution in [3.05, 3.63) is 28.0 Å². The van der Waals surface area contributed by atoms with Crippen LogP contribution in [0.4, 0.5) is 10.1 Å². The number of hydrogen-bond donors (Lipinski definition) is 2. The summed E-state index contributed by atoms with van der Waals surface area (Å²) >= 11 is 8.02. The second-order valence-corrected chi connectivity index (χ2v) is 5.75. The van der Waals surface area contributed by atoms with Crippen LogP contribution in [0.1, 0.15) is 32.8 Å². The summed E-state index contributed by atoms with van der Waals surface area (Å²) in [4.78, 5) is 0.178. The monoisotopic (exact) mass is 318 g/mol. The van der Waals surface area contributed by atoms with Crippen molar-refractivity contribution in [1.29, 1.82) is 0 Å². The highest BCUT2D eigenvalue weighted by atomic mass is 79.9. The summed E-state index contributed by atoms with van der Waals surface area (Å²) in [5.74, 6) is -0.364. The fourth-order valence-electron chi connectivity index (χ4n) is 1.29. The summed E-state index contributed by atoms with van der Waals surface area (Å²) in [6.07, 6.45) is 0.890. The van der Waals surface area contributed by atoms with Gasteiger partial charge in [-0.15, -0.1) is 0 Å². The Morgan fingerprint density at radius 2 is 2.12 bits per heavy atom. The van der Waals surface area contributed by atoms with Crippen LogP contribution in [0, 0.1) is 5.82 Å². The van der Waals surface area contributed by atoms with E-state index in [1.54, 1.807) is 12.1 Å². The van der Waals surface area contributed by atoms with Crippen LogP contribution in [0.15, 0.2) is 16.6 Å². The number of benzene rings is 1. The molecule has 0 fully saturated rings. The fourth-order valence-corrected chi connectivity index (χ4v) is 2.15. The molecular formula is C12H16BrFN2S. The Balaban J connectivity index is 3.13. The molecule has 0 spiro atoms. The number of thiocarbonyl (C=S) groups is 1. The molecule has 0 heterocycles. The first-order chi connectivity index (χ1) is 7.78. The lowest BCUT2D eigenvalue weighted by molar-refractivity contribution is 0.536. The van der Waals surface area contributed by atoms with Gasteiger partial charge in [-0.2, -0.15) is 0 Å². The van der Waals surface area contributed by atoms with Crippen molar-refractivity contribution in [3.63, 3.8) is 0 Å². The third-order valence-electron chi connectivity index (χ3n) is 2.70. The Morgan fingerprint density at radius 1 is 1.53 bits per heavy atom. The largest absolute Gasteiger partial charge is 0.389 e. The van der Waals surface area contributed by atoms with E-state index in [0.29, 0.717) is 15.7 Å². The third kappa shape index (κ3) is 3.39. The van der Waals surface area contributed by atoms with E-state index in [-0.39, 0.29) is 16.3 Å². The lowest BCUT2D eigenvalue weighted by Crippen LogP contribution is -2.30. The van der Waals surface area contributed by atoms with Gasteiger partial charge >= 0.3 is 0 Å². The average Bonchev–Trinajstić information content (AvgIpc) is 2.24. The average molecular weight is 319 g/mol. The summed E-state index contributed by atoms with van der Waals surface area (Å²) in [5.41, 5.74) is 6.30. The zero-order valence-electron chi connectivity index (χ0n) is 10.1. The predicted molar refractivity (Wildman–Crippen MR) is 78.0 cm³/mol. The Labute approximate surface area is 115 Å². The molecule has 0 atom stereocenters. The van der Waals surface area contributed by atoms with Gasteiger partial charge < -0.3 is 11.1 Å².